The van der Waals surface area contributed by atoms with Gasteiger partial charge in [-0.2, -0.15) is 0 Å². The minimum Gasteiger partial charge on any atom is -0.464 e. The van der Waals surface area contributed by atoms with Gasteiger partial charge in [0.15, 0.2) is 0 Å². The van der Waals surface area contributed by atoms with Gasteiger partial charge in [0, 0.05) is 35.6 Å². The molecule has 3 aromatic heterocycles. The van der Waals surface area contributed by atoms with Gasteiger partial charge in [-0.25, -0.2) is 4.79 Å². The normalized spacial score (nSPS) is 11.8. The van der Waals surface area contributed by atoms with E-state index in [0.29, 0.717) is 5.69 Å². The summed E-state index contributed by atoms with van der Waals surface area (Å²) in [4.78, 5) is 18.6. The zero-order valence-electron chi connectivity index (χ0n) is 17.0. The van der Waals surface area contributed by atoms with E-state index < -0.39 is 0 Å². The first-order valence-corrected chi connectivity index (χ1v) is 11.2. The molecule has 29 heavy (non-hydrogen) atoms. The molecular weight excluding hydrogens is 398 g/mol. The molecule has 0 spiro atoms. The summed E-state index contributed by atoms with van der Waals surface area (Å²) in [5, 5.41) is 3.56. The van der Waals surface area contributed by atoms with Crippen LogP contribution in [0.25, 0.3) is 42.2 Å². The van der Waals surface area contributed by atoms with Crippen LogP contribution in [0.5, 0.6) is 0 Å². The van der Waals surface area contributed by atoms with Crippen molar-refractivity contribution in [1.82, 2.24) is 4.98 Å². The van der Waals surface area contributed by atoms with Crippen LogP contribution in [0.4, 0.5) is 0 Å². The minimum atomic E-state index is -0.342. The van der Waals surface area contributed by atoms with Gasteiger partial charge in [0.05, 0.1) is 7.11 Å². The van der Waals surface area contributed by atoms with Crippen molar-refractivity contribution in [3.8, 4) is 11.1 Å². The lowest BCUT2D eigenvalue weighted by Crippen LogP contribution is -2.03. The summed E-state index contributed by atoms with van der Waals surface area (Å²) in [6.45, 7) is 8.64. The maximum absolute atomic E-state index is 12.6. The van der Waals surface area contributed by atoms with Gasteiger partial charge in [-0.1, -0.05) is 6.07 Å². The summed E-state index contributed by atoms with van der Waals surface area (Å²) in [5.74, 6) is -0.342. The molecule has 0 bridgehead atoms. The summed E-state index contributed by atoms with van der Waals surface area (Å²) >= 11 is 3.60. The molecule has 0 amide bonds. The van der Waals surface area contributed by atoms with E-state index in [1.165, 1.54) is 48.2 Å². The number of aryl methyl sites for hydroxylation is 4. The largest absolute Gasteiger partial charge is 0.464 e. The number of rotatable bonds is 2. The molecule has 0 radical (unpaired) electrons. The number of ether oxygens (including phenoxy) is 1. The van der Waals surface area contributed by atoms with Crippen LogP contribution in [0.1, 0.15) is 31.4 Å². The van der Waals surface area contributed by atoms with E-state index in [0.717, 1.165) is 22.0 Å². The number of hydrogen-bond acceptors (Lipinski definition) is 4. The molecule has 5 rings (SSSR count). The lowest BCUT2D eigenvalue weighted by molar-refractivity contribution is 0.0596. The number of benzene rings is 2. The quantitative estimate of drug-likeness (QED) is 0.305. The third-order valence-corrected chi connectivity index (χ3v) is 8.31. The zero-order valence-corrected chi connectivity index (χ0v) is 18.7. The number of fused-ring (bicyclic) bond motifs is 3. The van der Waals surface area contributed by atoms with E-state index in [1.807, 2.05) is 11.3 Å². The first kappa shape index (κ1) is 18.4. The van der Waals surface area contributed by atoms with E-state index in [1.54, 1.807) is 11.3 Å². The highest BCUT2D eigenvalue weighted by molar-refractivity contribution is 7.19. The predicted molar refractivity (Wildman–Crippen MR) is 125 cm³/mol. The molecule has 5 heteroatoms. The summed E-state index contributed by atoms with van der Waals surface area (Å²) < 4.78 is 7.61. The molecule has 0 aliphatic rings. The zero-order chi connectivity index (χ0) is 20.4. The molecule has 0 aliphatic heterocycles. The fourth-order valence-electron chi connectivity index (χ4n) is 4.08. The van der Waals surface area contributed by atoms with Crippen molar-refractivity contribution in [3.05, 3.63) is 56.9 Å². The maximum atomic E-state index is 12.6. The van der Waals surface area contributed by atoms with Gasteiger partial charge in [-0.05, 0) is 79.4 Å². The Balaban J connectivity index is 1.88. The Hall–Kier alpha value is -2.63. The molecule has 2 aromatic carbocycles. The molecule has 0 saturated carbocycles. The molecule has 0 fully saturated rings. The summed E-state index contributed by atoms with van der Waals surface area (Å²) in [6.07, 6.45) is 0. The number of methoxy groups -OCH3 is 1. The fourth-order valence-corrected chi connectivity index (χ4v) is 6.23. The average Bonchev–Trinajstić information content (AvgIpc) is 3.32. The lowest BCUT2D eigenvalue weighted by atomic mass is 9.98. The summed E-state index contributed by atoms with van der Waals surface area (Å²) in [5.41, 5.74) is 6.04. The number of aromatic amines is 1. The number of thiophene rings is 2. The highest BCUT2D eigenvalue weighted by atomic mass is 32.1. The van der Waals surface area contributed by atoms with Gasteiger partial charge in [-0.15, -0.1) is 22.7 Å². The van der Waals surface area contributed by atoms with Crippen LogP contribution >= 0.6 is 22.7 Å². The second kappa shape index (κ2) is 6.44. The number of aromatic nitrogens is 1. The minimum absolute atomic E-state index is 0.342. The smallest absolute Gasteiger partial charge is 0.355 e. The second-order valence-corrected chi connectivity index (χ2v) is 10.1. The van der Waals surface area contributed by atoms with Gasteiger partial charge in [0.2, 0.25) is 0 Å². The van der Waals surface area contributed by atoms with E-state index >= 15 is 0 Å². The van der Waals surface area contributed by atoms with Crippen molar-refractivity contribution < 1.29 is 9.53 Å². The Kier molecular flexibility index (Phi) is 4.09. The van der Waals surface area contributed by atoms with E-state index in [4.69, 9.17) is 4.74 Å². The molecule has 5 aromatic rings. The van der Waals surface area contributed by atoms with Gasteiger partial charge in [0.25, 0.3) is 0 Å². The first-order valence-electron chi connectivity index (χ1n) is 9.53. The van der Waals surface area contributed by atoms with Crippen LogP contribution in [0, 0.1) is 27.7 Å². The van der Waals surface area contributed by atoms with Crippen molar-refractivity contribution >= 4 is 59.7 Å². The number of carbonyl (C=O) groups excluding carboxylic acids is 1. The average molecular weight is 420 g/mol. The lowest BCUT2D eigenvalue weighted by Gasteiger charge is -2.05. The van der Waals surface area contributed by atoms with E-state index in [2.05, 4.69) is 63.0 Å². The van der Waals surface area contributed by atoms with Gasteiger partial charge < -0.3 is 9.72 Å². The highest BCUT2D eigenvalue weighted by Gasteiger charge is 2.22. The molecule has 0 unspecified atom stereocenters. The SMILES string of the molecule is COC(=O)c1[nH]c2cc3sc(C)c(C)c3cc2c1-c1ccc2sc(C)c(C)c2c1. The number of nitrogens with one attached hydrogen (secondary N) is 1. The third-order valence-electron chi connectivity index (χ3n) is 5.95. The molecule has 0 atom stereocenters. The number of carbonyl (C=O) groups is 1. The van der Waals surface area contributed by atoms with Gasteiger partial charge in [-0.3, -0.25) is 0 Å². The van der Waals surface area contributed by atoms with Crippen LogP contribution in [0.2, 0.25) is 0 Å². The monoisotopic (exact) mass is 419 g/mol. The number of hydrogen-bond donors (Lipinski definition) is 1. The number of esters is 1. The molecule has 1 N–H and O–H groups in total. The molecule has 0 saturated heterocycles. The molecular formula is C24H21NO2S2. The number of H-pyrrole nitrogens is 1. The second-order valence-electron chi connectivity index (χ2n) is 7.54. The predicted octanol–water partition coefficient (Wildman–Crippen LogP) is 7.28. The Morgan fingerprint density at radius 3 is 2.21 bits per heavy atom. The molecule has 0 aliphatic carbocycles. The fraction of sp³-hybridized carbons (Fsp3) is 0.208. The van der Waals surface area contributed by atoms with Gasteiger partial charge in [0.1, 0.15) is 5.69 Å². The van der Waals surface area contributed by atoms with Crippen LogP contribution < -0.4 is 0 Å². The van der Waals surface area contributed by atoms with Crippen molar-refractivity contribution in [2.24, 2.45) is 0 Å². The summed E-state index contributed by atoms with van der Waals surface area (Å²) in [6, 6.07) is 10.9. The third kappa shape index (κ3) is 2.65. The van der Waals surface area contributed by atoms with Crippen molar-refractivity contribution in [2.75, 3.05) is 7.11 Å². The molecule has 3 heterocycles. The van der Waals surface area contributed by atoms with Crippen molar-refractivity contribution in [2.45, 2.75) is 27.7 Å². The Bertz CT molecular complexity index is 1450. The Morgan fingerprint density at radius 2 is 1.52 bits per heavy atom. The van der Waals surface area contributed by atoms with E-state index in [-0.39, 0.29) is 5.97 Å². The van der Waals surface area contributed by atoms with Crippen molar-refractivity contribution in [1.29, 1.82) is 0 Å². The molecule has 146 valence electrons. The Morgan fingerprint density at radius 1 is 0.862 bits per heavy atom. The Labute approximate surface area is 176 Å². The standard InChI is InChI=1S/C24H21NO2S2/c1-11-13(3)28-20-7-6-15(8-16(11)20)22-18-9-17-12(2)14(4)29-21(17)10-19(18)25-23(22)24(26)27-5/h6-10,25H,1-5H3. The van der Waals surface area contributed by atoms with E-state index in [9.17, 15) is 4.79 Å². The highest BCUT2D eigenvalue weighted by Crippen LogP contribution is 2.41. The van der Waals surface area contributed by atoms with Crippen LogP contribution in [0.3, 0.4) is 0 Å². The van der Waals surface area contributed by atoms with Crippen LogP contribution in [0.15, 0.2) is 30.3 Å². The molecule has 3 nitrogen and oxygen atoms in total. The first-order chi connectivity index (χ1) is 13.9. The van der Waals surface area contributed by atoms with Crippen LogP contribution in [-0.2, 0) is 4.74 Å². The maximum Gasteiger partial charge on any atom is 0.355 e. The summed E-state index contributed by atoms with van der Waals surface area (Å²) in [7, 11) is 1.43. The van der Waals surface area contributed by atoms with Crippen LogP contribution in [-0.4, -0.2) is 18.1 Å². The topological polar surface area (TPSA) is 42.1 Å². The van der Waals surface area contributed by atoms with Gasteiger partial charge >= 0.3 is 5.97 Å². The van der Waals surface area contributed by atoms with Crippen molar-refractivity contribution in [3.63, 3.8) is 0 Å².